The normalized spacial score (nSPS) is 19.3. The number of ketones is 1. The molecule has 1 saturated heterocycles. The van der Waals surface area contributed by atoms with Gasteiger partial charge in [0.25, 0.3) is 0 Å². The number of halogens is 1. The zero-order chi connectivity index (χ0) is 20.4. The molecule has 0 N–H and O–H groups in total. The first-order valence-corrected chi connectivity index (χ1v) is 10.8. The van der Waals surface area contributed by atoms with E-state index in [1.54, 1.807) is 11.8 Å². The van der Waals surface area contributed by atoms with Gasteiger partial charge in [-0.3, -0.25) is 4.79 Å². The molecule has 3 aromatic rings. The van der Waals surface area contributed by atoms with E-state index in [1.807, 2.05) is 36.4 Å². The summed E-state index contributed by atoms with van der Waals surface area (Å²) in [5, 5.41) is 0.653. The quantitative estimate of drug-likeness (QED) is 0.412. The van der Waals surface area contributed by atoms with Crippen molar-refractivity contribution < 1.29 is 4.79 Å². The Morgan fingerprint density at radius 3 is 1.83 bits per heavy atom. The van der Waals surface area contributed by atoms with Crippen LogP contribution < -0.4 is 0 Å². The van der Waals surface area contributed by atoms with Gasteiger partial charge in [-0.25, -0.2) is 0 Å². The van der Waals surface area contributed by atoms with Crippen LogP contribution in [0.3, 0.4) is 0 Å². The van der Waals surface area contributed by atoms with Crippen LogP contribution in [0.15, 0.2) is 83.3 Å². The molecule has 1 aliphatic heterocycles. The third-order valence-corrected chi connectivity index (χ3v) is 6.53. The molecule has 3 aromatic carbocycles. The number of thioether (sulfide) groups is 1. The summed E-state index contributed by atoms with van der Waals surface area (Å²) in [4.78, 5) is 14.1. The minimum Gasteiger partial charge on any atom is -0.288 e. The fraction of sp³-hybridized carbons (Fsp3) is 0.115. The summed E-state index contributed by atoms with van der Waals surface area (Å²) in [6.45, 7) is 4.12. The number of hydrogen-bond acceptors (Lipinski definition) is 2. The summed E-state index contributed by atoms with van der Waals surface area (Å²) in [5.74, 6) is 0.0936. The number of rotatable bonds is 3. The molecular weight excluding hydrogens is 396 g/mol. The molecule has 1 unspecified atom stereocenters. The molecule has 1 heterocycles. The van der Waals surface area contributed by atoms with Crippen molar-refractivity contribution >= 4 is 41.3 Å². The van der Waals surface area contributed by atoms with Gasteiger partial charge in [-0.1, -0.05) is 83.4 Å². The van der Waals surface area contributed by atoms with E-state index in [2.05, 4.69) is 62.4 Å². The van der Waals surface area contributed by atoms with Crippen molar-refractivity contribution in [2.45, 2.75) is 19.1 Å². The Bertz CT molecular complexity index is 1090. The molecule has 0 aliphatic carbocycles. The van der Waals surface area contributed by atoms with Crippen LogP contribution in [0.4, 0.5) is 0 Å². The van der Waals surface area contributed by atoms with Crippen LogP contribution in [0.1, 0.15) is 33.1 Å². The largest absolute Gasteiger partial charge is 0.288 e. The SMILES string of the molecule is Cc1ccc(/C=C2/SC(c3ccc(Cl)cc3)/C(=C/c3ccc(C)cc3)C2=O)cc1. The molecule has 1 atom stereocenters. The lowest BCUT2D eigenvalue weighted by atomic mass is 9.98. The lowest BCUT2D eigenvalue weighted by Gasteiger charge is -2.11. The van der Waals surface area contributed by atoms with Gasteiger partial charge in [-0.05, 0) is 54.8 Å². The van der Waals surface area contributed by atoms with Gasteiger partial charge in [-0.2, -0.15) is 0 Å². The molecule has 0 amide bonds. The zero-order valence-corrected chi connectivity index (χ0v) is 17.9. The van der Waals surface area contributed by atoms with Gasteiger partial charge < -0.3 is 0 Å². The summed E-state index contributed by atoms with van der Waals surface area (Å²) in [7, 11) is 0. The van der Waals surface area contributed by atoms with Crippen molar-refractivity contribution in [3.63, 3.8) is 0 Å². The van der Waals surface area contributed by atoms with Crippen LogP contribution in [0.25, 0.3) is 12.2 Å². The number of Topliss-reactive ketones (excluding diaryl/α,β-unsaturated/α-hetero) is 1. The topological polar surface area (TPSA) is 17.1 Å². The smallest absolute Gasteiger partial charge is 0.196 e. The van der Waals surface area contributed by atoms with Crippen LogP contribution in [0, 0.1) is 13.8 Å². The minimum atomic E-state index is -0.0437. The molecule has 1 nitrogen and oxygen atoms in total. The summed E-state index contributed by atoms with van der Waals surface area (Å²) in [6, 6.07) is 24.3. The maximum atomic E-state index is 13.3. The molecule has 4 rings (SSSR count). The fourth-order valence-electron chi connectivity index (χ4n) is 3.29. The summed E-state index contributed by atoms with van der Waals surface area (Å²) in [6.07, 6.45) is 4.01. The lowest BCUT2D eigenvalue weighted by molar-refractivity contribution is -0.111. The van der Waals surface area contributed by atoms with E-state index < -0.39 is 0 Å². The van der Waals surface area contributed by atoms with E-state index in [1.165, 1.54) is 11.1 Å². The Hall–Kier alpha value is -2.55. The number of hydrogen-bond donors (Lipinski definition) is 0. The van der Waals surface area contributed by atoms with Crippen LogP contribution in [0.5, 0.6) is 0 Å². The van der Waals surface area contributed by atoms with Gasteiger partial charge >= 0.3 is 0 Å². The van der Waals surface area contributed by atoms with Crippen molar-refractivity contribution in [1.82, 2.24) is 0 Å². The van der Waals surface area contributed by atoms with Crippen molar-refractivity contribution in [2.75, 3.05) is 0 Å². The summed E-state index contributed by atoms with van der Waals surface area (Å²) in [5.41, 5.74) is 6.37. The average molecular weight is 417 g/mol. The van der Waals surface area contributed by atoms with E-state index in [-0.39, 0.29) is 11.0 Å². The third kappa shape index (κ3) is 4.55. The van der Waals surface area contributed by atoms with E-state index in [4.69, 9.17) is 11.6 Å². The number of aryl methyl sites for hydroxylation is 2. The molecule has 3 heteroatoms. The van der Waals surface area contributed by atoms with Gasteiger partial charge in [0.05, 0.1) is 10.2 Å². The Labute approximate surface area is 181 Å². The second-order valence-corrected chi connectivity index (χ2v) is 8.89. The van der Waals surface area contributed by atoms with Gasteiger partial charge in [0.1, 0.15) is 0 Å². The number of allylic oxidation sites excluding steroid dienone is 1. The monoisotopic (exact) mass is 416 g/mol. The summed E-state index contributed by atoms with van der Waals surface area (Å²) >= 11 is 7.68. The Morgan fingerprint density at radius 1 is 0.759 bits per heavy atom. The molecule has 0 saturated carbocycles. The first-order chi connectivity index (χ1) is 14.0. The number of carbonyl (C=O) groups is 1. The average Bonchev–Trinajstić information content (AvgIpc) is 3.02. The van der Waals surface area contributed by atoms with Crippen molar-refractivity contribution in [1.29, 1.82) is 0 Å². The highest BCUT2D eigenvalue weighted by molar-refractivity contribution is 8.05. The second kappa shape index (κ2) is 8.44. The van der Waals surface area contributed by atoms with Crippen molar-refractivity contribution in [3.05, 3.63) is 116 Å². The molecule has 0 aromatic heterocycles. The Morgan fingerprint density at radius 2 is 1.28 bits per heavy atom. The van der Waals surface area contributed by atoms with E-state index >= 15 is 0 Å². The van der Waals surface area contributed by atoms with Crippen LogP contribution in [0.2, 0.25) is 5.02 Å². The van der Waals surface area contributed by atoms with Crippen LogP contribution >= 0.6 is 23.4 Å². The molecular formula is C26H21ClOS. The Balaban J connectivity index is 1.76. The number of carbonyl (C=O) groups excluding carboxylic acids is 1. The van der Waals surface area contributed by atoms with E-state index in [9.17, 15) is 4.79 Å². The molecule has 0 bridgehead atoms. The molecule has 1 fully saturated rings. The van der Waals surface area contributed by atoms with E-state index in [0.717, 1.165) is 27.2 Å². The zero-order valence-electron chi connectivity index (χ0n) is 16.4. The molecule has 144 valence electrons. The second-order valence-electron chi connectivity index (χ2n) is 7.31. The Kier molecular flexibility index (Phi) is 5.75. The van der Waals surface area contributed by atoms with Gasteiger partial charge in [0, 0.05) is 10.6 Å². The highest BCUT2D eigenvalue weighted by Crippen LogP contribution is 2.50. The molecule has 0 spiro atoms. The first-order valence-electron chi connectivity index (χ1n) is 9.53. The standard InChI is InChI=1S/C26H21ClOS/c1-17-3-7-19(8-4-17)15-23-25(28)24(16-20-9-5-18(2)6-10-20)29-26(23)21-11-13-22(27)14-12-21/h3-16,26H,1-2H3/b23-15+,24-16+. The number of benzene rings is 3. The predicted octanol–water partition coefficient (Wildman–Crippen LogP) is 7.44. The molecule has 0 radical (unpaired) electrons. The van der Waals surface area contributed by atoms with E-state index in [0.29, 0.717) is 5.02 Å². The predicted molar refractivity (Wildman–Crippen MR) is 125 cm³/mol. The van der Waals surface area contributed by atoms with Gasteiger partial charge in [0.2, 0.25) is 0 Å². The van der Waals surface area contributed by atoms with Crippen LogP contribution in [-0.4, -0.2) is 5.78 Å². The van der Waals surface area contributed by atoms with Crippen LogP contribution in [-0.2, 0) is 4.79 Å². The lowest BCUT2D eigenvalue weighted by Crippen LogP contribution is -2.00. The molecule has 1 aliphatic rings. The van der Waals surface area contributed by atoms with Gasteiger partial charge in [0.15, 0.2) is 5.78 Å². The molecule has 29 heavy (non-hydrogen) atoms. The van der Waals surface area contributed by atoms with Crippen molar-refractivity contribution in [3.8, 4) is 0 Å². The van der Waals surface area contributed by atoms with Crippen molar-refractivity contribution in [2.24, 2.45) is 0 Å². The first kappa shape index (κ1) is 19.8. The maximum Gasteiger partial charge on any atom is 0.196 e. The third-order valence-electron chi connectivity index (χ3n) is 4.96. The maximum absolute atomic E-state index is 13.3. The minimum absolute atomic E-state index is 0.0437. The highest BCUT2D eigenvalue weighted by atomic mass is 35.5. The van der Waals surface area contributed by atoms with Gasteiger partial charge in [-0.15, -0.1) is 11.8 Å². The highest BCUT2D eigenvalue weighted by Gasteiger charge is 2.34. The summed E-state index contributed by atoms with van der Waals surface area (Å²) < 4.78 is 0. The fourth-order valence-corrected chi connectivity index (χ4v) is 4.69.